The summed E-state index contributed by atoms with van der Waals surface area (Å²) in [5, 5.41) is 9.44. The maximum absolute atomic E-state index is 13.4. The molecule has 0 atom stereocenters. The van der Waals surface area contributed by atoms with Gasteiger partial charge in [0.15, 0.2) is 0 Å². The Morgan fingerprint density at radius 3 is 2.67 bits per heavy atom. The predicted molar refractivity (Wildman–Crippen MR) is 61.7 cm³/mol. The minimum atomic E-state index is -0.837. The maximum Gasteiger partial charge on any atom is 0.325 e. The number of phenolic OH excluding ortho intramolecular Hbond substituents is 1. The standard InChI is InChI=1S/C12H14FNO4/c1-3-18-10(16)7-14(2)12(17)11-8(13)5-4-6-9(11)15/h4-6,15H,3,7H2,1-2H3. The molecule has 0 spiro atoms. The number of carbonyl (C=O) groups is 2. The number of carbonyl (C=O) groups excluding carboxylic acids is 2. The number of rotatable bonds is 4. The minimum absolute atomic E-state index is 0.200. The van der Waals surface area contributed by atoms with Crippen LogP contribution in [0.3, 0.4) is 0 Å². The summed E-state index contributed by atoms with van der Waals surface area (Å²) in [6.45, 7) is 1.54. The van der Waals surface area contributed by atoms with E-state index >= 15 is 0 Å². The van der Waals surface area contributed by atoms with Gasteiger partial charge in [0.2, 0.25) is 0 Å². The van der Waals surface area contributed by atoms with Crippen LogP contribution in [0.4, 0.5) is 4.39 Å². The molecule has 1 aromatic rings. The van der Waals surface area contributed by atoms with Crippen LogP contribution < -0.4 is 0 Å². The molecule has 0 bridgehead atoms. The lowest BCUT2D eigenvalue weighted by Gasteiger charge is -2.17. The second-order valence-electron chi connectivity index (χ2n) is 3.60. The van der Waals surface area contributed by atoms with E-state index in [1.54, 1.807) is 6.92 Å². The number of nitrogens with zero attached hydrogens (tertiary/aromatic N) is 1. The Morgan fingerprint density at radius 2 is 2.11 bits per heavy atom. The van der Waals surface area contributed by atoms with Gasteiger partial charge in [0.05, 0.1) is 6.61 Å². The van der Waals surface area contributed by atoms with Crippen molar-refractivity contribution in [3.8, 4) is 5.75 Å². The number of hydrogen-bond acceptors (Lipinski definition) is 4. The summed E-state index contributed by atoms with van der Waals surface area (Å²) in [5.74, 6) is -2.67. The van der Waals surface area contributed by atoms with Crippen molar-refractivity contribution in [1.82, 2.24) is 4.90 Å². The number of halogens is 1. The number of amides is 1. The summed E-state index contributed by atoms with van der Waals surface area (Å²) in [5.41, 5.74) is -0.454. The van der Waals surface area contributed by atoms with E-state index in [1.165, 1.54) is 19.2 Å². The number of aromatic hydroxyl groups is 1. The van der Waals surface area contributed by atoms with Gasteiger partial charge >= 0.3 is 5.97 Å². The second-order valence-corrected chi connectivity index (χ2v) is 3.60. The molecule has 1 amide bonds. The average molecular weight is 255 g/mol. The van der Waals surface area contributed by atoms with Crippen molar-refractivity contribution in [2.24, 2.45) is 0 Å². The number of ether oxygens (including phenoxy) is 1. The van der Waals surface area contributed by atoms with Gasteiger partial charge in [-0.1, -0.05) is 6.07 Å². The van der Waals surface area contributed by atoms with Gasteiger partial charge in [0.1, 0.15) is 23.7 Å². The first-order valence-corrected chi connectivity index (χ1v) is 5.36. The number of phenols is 1. The fourth-order valence-electron chi connectivity index (χ4n) is 1.39. The molecule has 0 fully saturated rings. The summed E-state index contributed by atoms with van der Waals surface area (Å²) in [7, 11) is 1.32. The van der Waals surface area contributed by atoms with Crippen molar-refractivity contribution >= 4 is 11.9 Å². The number of esters is 1. The van der Waals surface area contributed by atoms with E-state index in [0.717, 1.165) is 11.0 Å². The van der Waals surface area contributed by atoms with Gasteiger partial charge in [-0.25, -0.2) is 4.39 Å². The van der Waals surface area contributed by atoms with Crippen LogP contribution >= 0.6 is 0 Å². The summed E-state index contributed by atoms with van der Waals surface area (Å²) in [6, 6.07) is 3.55. The first-order valence-electron chi connectivity index (χ1n) is 5.36. The molecule has 0 radical (unpaired) electrons. The molecular formula is C12H14FNO4. The van der Waals surface area contributed by atoms with E-state index in [4.69, 9.17) is 0 Å². The van der Waals surface area contributed by atoms with Gasteiger partial charge in [-0.05, 0) is 19.1 Å². The first kappa shape index (κ1) is 14.0. The minimum Gasteiger partial charge on any atom is -0.507 e. The third kappa shape index (κ3) is 3.19. The van der Waals surface area contributed by atoms with E-state index in [0.29, 0.717) is 0 Å². The molecule has 0 aliphatic rings. The average Bonchev–Trinajstić information content (AvgIpc) is 2.28. The van der Waals surface area contributed by atoms with Crippen molar-refractivity contribution in [3.05, 3.63) is 29.6 Å². The van der Waals surface area contributed by atoms with Crippen LogP contribution in [-0.4, -0.2) is 42.1 Å². The van der Waals surface area contributed by atoms with Crippen LogP contribution in [0.15, 0.2) is 18.2 Å². The van der Waals surface area contributed by atoms with Crippen LogP contribution in [0.25, 0.3) is 0 Å². The van der Waals surface area contributed by atoms with Crippen molar-refractivity contribution in [2.45, 2.75) is 6.92 Å². The molecule has 0 aliphatic carbocycles. The molecule has 0 saturated carbocycles. The molecule has 1 rings (SSSR count). The normalized spacial score (nSPS) is 9.94. The molecule has 0 heterocycles. The zero-order valence-corrected chi connectivity index (χ0v) is 10.1. The lowest BCUT2D eigenvalue weighted by molar-refractivity contribution is -0.143. The van der Waals surface area contributed by atoms with E-state index in [9.17, 15) is 19.1 Å². The van der Waals surface area contributed by atoms with Crippen LogP contribution in [0, 0.1) is 5.82 Å². The Hall–Kier alpha value is -2.11. The molecule has 0 saturated heterocycles. The van der Waals surface area contributed by atoms with Gasteiger partial charge in [-0.2, -0.15) is 0 Å². The highest BCUT2D eigenvalue weighted by Crippen LogP contribution is 2.21. The fraction of sp³-hybridized carbons (Fsp3) is 0.333. The number of benzene rings is 1. The van der Waals surface area contributed by atoms with Gasteiger partial charge in [-0.15, -0.1) is 0 Å². The summed E-state index contributed by atoms with van der Waals surface area (Å²) in [4.78, 5) is 24.0. The van der Waals surface area contributed by atoms with Gasteiger partial charge in [0, 0.05) is 7.05 Å². The van der Waals surface area contributed by atoms with E-state index in [-0.39, 0.29) is 13.2 Å². The molecule has 6 heteroatoms. The monoisotopic (exact) mass is 255 g/mol. The molecule has 1 N–H and O–H groups in total. The Bertz CT molecular complexity index is 441. The lowest BCUT2D eigenvalue weighted by atomic mass is 10.1. The predicted octanol–water partition coefficient (Wildman–Crippen LogP) is 1.17. The fourth-order valence-corrected chi connectivity index (χ4v) is 1.39. The zero-order valence-electron chi connectivity index (χ0n) is 10.1. The van der Waals surface area contributed by atoms with Gasteiger partial charge in [-0.3, -0.25) is 9.59 Å². The van der Waals surface area contributed by atoms with E-state index < -0.39 is 29.0 Å². The summed E-state index contributed by atoms with van der Waals surface area (Å²) >= 11 is 0. The summed E-state index contributed by atoms with van der Waals surface area (Å²) < 4.78 is 18.1. The highest BCUT2D eigenvalue weighted by atomic mass is 19.1. The molecule has 0 aliphatic heterocycles. The van der Waals surface area contributed by atoms with Crippen LogP contribution in [0.2, 0.25) is 0 Å². The van der Waals surface area contributed by atoms with Gasteiger partial charge < -0.3 is 14.7 Å². The topological polar surface area (TPSA) is 66.8 Å². The quantitative estimate of drug-likeness (QED) is 0.820. The molecule has 5 nitrogen and oxygen atoms in total. The van der Waals surface area contributed by atoms with Crippen molar-refractivity contribution in [2.75, 3.05) is 20.2 Å². The van der Waals surface area contributed by atoms with Crippen LogP contribution in [0.1, 0.15) is 17.3 Å². The molecule has 18 heavy (non-hydrogen) atoms. The molecule has 1 aromatic carbocycles. The highest BCUT2D eigenvalue weighted by molar-refractivity contribution is 5.98. The van der Waals surface area contributed by atoms with Gasteiger partial charge in [0.25, 0.3) is 5.91 Å². The number of likely N-dealkylation sites (N-methyl/N-ethyl adjacent to an activating group) is 1. The van der Waals surface area contributed by atoms with Crippen LogP contribution in [-0.2, 0) is 9.53 Å². The third-order valence-electron chi connectivity index (χ3n) is 2.22. The van der Waals surface area contributed by atoms with Crippen molar-refractivity contribution in [3.63, 3.8) is 0 Å². The molecular weight excluding hydrogens is 241 g/mol. The molecule has 98 valence electrons. The van der Waals surface area contributed by atoms with Crippen molar-refractivity contribution in [1.29, 1.82) is 0 Å². The Kier molecular flexibility index (Phi) is 4.65. The summed E-state index contributed by atoms with van der Waals surface area (Å²) in [6.07, 6.45) is 0. The van der Waals surface area contributed by atoms with E-state index in [2.05, 4.69) is 4.74 Å². The molecule has 0 aromatic heterocycles. The largest absolute Gasteiger partial charge is 0.507 e. The smallest absolute Gasteiger partial charge is 0.325 e. The second kappa shape index (κ2) is 6.00. The maximum atomic E-state index is 13.4. The zero-order chi connectivity index (χ0) is 13.7. The highest BCUT2D eigenvalue weighted by Gasteiger charge is 2.22. The van der Waals surface area contributed by atoms with E-state index in [1.807, 2.05) is 0 Å². The lowest BCUT2D eigenvalue weighted by Crippen LogP contribution is -2.33. The van der Waals surface area contributed by atoms with Crippen LogP contribution in [0.5, 0.6) is 5.75 Å². The Morgan fingerprint density at radius 1 is 1.44 bits per heavy atom. The number of hydrogen-bond donors (Lipinski definition) is 1. The van der Waals surface area contributed by atoms with Crippen molar-refractivity contribution < 1.29 is 23.8 Å². The Labute approximate surface area is 104 Å². The Balaban J connectivity index is 2.84. The molecule has 0 unspecified atom stereocenters. The third-order valence-corrected chi connectivity index (χ3v) is 2.22. The SMILES string of the molecule is CCOC(=O)CN(C)C(=O)c1c(O)cccc1F. The first-order chi connectivity index (χ1) is 8.47.